The van der Waals surface area contributed by atoms with Crippen LogP contribution in [-0.4, -0.2) is 18.8 Å². The Morgan fingerprint density at radius 2 is 2.31 bits per heavy atom. The van der Waals surface area contributed by atoms with Gasteiger partial charge in [0.2, 0.25) is 0 Å². The normalized spacial score (nSPS) is 20.0. The number of rotatable bonds is 3. The number of nitrogens with one attached hydrogen (secondary N) is 1. The molecule has 1 aromatic carbocycles. The van der Waals surface area contributed by atoms with Crippen LogP contribution in [0.2, 0.25) is 0 Å². The average molecular weight is 221 g/mol. The molecule has 1 saturated heterocycles. The van der Waals surface area contributed by atoms with Crippen molar-refractivity contribution in [3.05, 3.63) is 23.3 Å². The molecule has 1 aromatic rings. The highest BCUT2D eigenvalue weighted by atomic mass is 16.5. The van der Waals surface area contributed by atoms with E-state index in [2.05, 4.69) is 12.2 Å². The molecule has 88 valence electrons. The number of hydrogen-bond acceptors (Lipinski definition) is 3. The lowest BCUT2D eigenvalue weighted by atomic mass is 9.96. The van der Waals surface area contributed by atoms with E-state index in [4.69, 9.17) is 4.74 Å². The van der Waals surface area contributed by atoms with Crippen molar-refractivity contribution in [2.45, 2.75) is 32.2 Å². The van der Waals surface area contributed by atoms with Crippen molar-refractivity contribution in [3.8, 4) is 11.5 Å². The molecular formula is C13H19NO2. The van der Waals surface area contributed by atoms with Crippen molar-refractivity contribution in [2.75, 3.05) is 13.7 Å². The number of benzene rings is 1. The smallest absolute Gasteiger partial charge is 0.162 e. The van der Waals surface area contributed by atoms with Gasteiger partial charge >= 0.3 is 0 Å². The first kappa shape index (κ1) is 11.3. The number of ether oxygens (including phenoxy) is 1. The zero-order valence-corrected chi connectivity index (χ0v) is 9.92. The van der Waals surface area contributed by atoms with Crippen LogP contribution in [0.1, 0.15) is 36.9 Å². The van der Waals surface area contributed by atoms with Crippen LogP contribution >= 0.6 is 0 Å². The van der Waals surface area contributed by atoms with Crippen molar-refractivity contribution in [3.63, 3.8) is 0 Å². The minimum atomic E-state index is 0.282. The molecule has 3 heteroatoms. The molecule has 1 heterocycles. The summed E-state index contributed by atoms with van der Waals surface area (Å²) in [4.78, 5) is 0. The van der Waals surface area contributed by atoms with E-state index in [0.717, 1.165) is 24.9 Å². The third-order valence-corrected chi connectivity index (χ3v) is 3.28. The van der Waals surface area contributed by atoms with Gasteiger partial charge in [0.25, 0.3) is 0 Å². The van der Waals surface area contributed by atoms with E-state index >= 15 is 0 Å². The monoisotopic (exact) mass is 221 g/mol. The first-order chi connectivity index (χ1) is 7.77. The molecule has 1 atom stereocenters. The number of phenols is 1. The lowest BCUT2D eigenvalue weighted by Crippen LogP contribution is -2.15. The first-order valence-corrected chi connectivity index (χ1v) is 5.90. The number of phenolic OH excluding ortho intramolecular Hbond substituents is 1. The van der Waals surface area contributed by atoms with Crippen molar-refractivity contribution in [2.24, 2.45) is 0 Å². The molecular weight excluding hydrogens is 202 g/mol. The van der Waals surface area contributed by atoms with Gasteiger partial charge in [-0.1, -0.05) is 13.0 Å². The Kier molecular flexibility index (Phi) is 3.34. The molecule has 0 aliphatic carbocycles. The zero-order valence-electron chi connectivity index (χ0n) is 9.92. The first-order valence-electron chi connectivity index (χ1n) is 5.90. The summed E-state index contributed by atoms with van der Waals surface area (Å²) >= 11 is 0. The predicted molar refractivity (Wildman–Crippen MR) is 64.0 cm³/mol. The topological polar surface area (TPSA) is 41.5 Å². The lowest BCUT2D eigenvalue weighted by molar-refractivity contribution is 0.366. The summed E-state index contributed by atoms with van der Waals surface area (Å²) < 4.78 is 5.17. The Labute approximate surface area is 96.4 Å². The van der Waals surface area contributed by atoms with Crippen molar-refractivity contribution < 1.29 is 9.84 Å². The Balaban J connectivity index is 2.45. The number of hydrogen-bond donors (Lipinski definition) is 2. The van der Waals surface area contributed by atoms with E-state index in [0.29, 0.717) is 11.5 Å². The fraction of sp³-hybridized carbons (Fsp3) is 0.538. The van der Waals surface area contributed by atoms with Crippen LogP contribution in [0.5, 0.6) is 11.5 Å². The summed E-state index contributed by atoms with van der Waals surface area (Å²) in [7, 11) is 1.59. The minimum Gasteiger partial charge on any atom is -0.504 e. The standard InChI is InChI=1S/C13H19NO2/c1-3-9-6-7-11(16-2)13(15)12(9)10-5-4-8-14-10/h6-7,10,14-15H,3-5,8H2,1-2H3. The third-order valence-electron chi connectivity index (χ3n) is 3.28. The predicted octanol–water partition coefficient (Wildman–Crippen LogP) is 2.39. The van der Waals surface area contributed by atoms with Crippen LogP contribution < -0.4 is 10.1 Å². The van der Waals surface area contributed by atoms with E-state index in [1.165, 1.54) is 12.0 Å². The van der Waals surface area contributed by atoms with Crippen molar-refractivity contribution in [1.82, 2.24) is 5.32 Å². The van der Waals surface area contributed by atoms with Crippen LogP contribution in [0.4, 0.5) is 0 Å². The fourth-order valence-corrected chi connectivity index (χ4v) is 2.42. The zero-order chi connectivity index (χ0) is 11.5. The largest absolute Gasteiger partial charge is 0.504 e. The molecule has 16 heavy (non-hydrogen) atoms. The molecule has 2 rings (SSSR count). The van der Waals surface area contributed by atoms with E-state index in [-0.39, 0.29) is 6.04 Å². The van der Waals surface area contributed by atoms with Crippen LogP contribution in [-0.2, 0) is 6.42 Å². The summed E-state index contributed by atoms with van der Waals surface area (Å²) in [6, 6.07) is 4.17. The highest BCUT2D eigenvalue weighted by Crippen LogP contribution is 2.39. The average Bonchev–Trinajstić information content (AvgIpc) is 2.81. The molecule has 1 aliphatic heterocycles. The van der Waals surface area contributed by atoms with Gasteiger partial charge in [-0.3, -0.25) is 0 Å². The summed E-state index contributed by atoms with van der Waals surface area (Å²) in [5.41, 5.74) is 2.23. The Morgan fingerprint density at radius 3 is 2.88 bits per heavy atom. The molecule has 0 spiro atoms. The Bertz CT molecular complexity index is 370. The quantitative estimate of drug-likeness (QED) is 0.823. The van der Waals surface area contributed by atoms with Gasteiger partial charge in [0.1, 0.15) is 0 Å². The molecule has 0 saturated carbocycles. The van der Waals surface area contributed by atoms with Crippen LogP contribution in [0.15, 0.2) is 12.1 Å². The van der Waals surface area contributed by atoms with E-state index < -0.39 is 0 Å². The van der Waals surface area contributed by atoms with Gasteiger partial charge in [0, 0.05) is 11.6 Å². The van der Waals surface area contributed by atoms with Crippen molar-refractivity contribution in [1.29, 1.82) is 0 Å². The van der Waals surface area contributed by atoms with Gasteiger partial charge in [-0.15, -0.1) is 0 Å². The van der Waals surface area contributed by atoms with E-state index in [1.54, 1.807) is 7.11 Å². The number of aryl methyl sites for hydroxylation is 1. The van der Waals surface area contributed by atoms with E-state index in [9.17, 15) is 5.11 Å². The van der Waals surface area contributed by atoms with Gasteiger partial charge < -0.3 is 15.2 Å². The molecule has 3 nitrogen and oxygen atoms in total. The van der Waals surface area contributed by atoms with Crippen LogP contribution in [0.25, 0.3) is 0 Å². The maximum atomic E-state index is 10.2. The molecule has 0 radical (unpaired) electrons. The van der Waals surface area contributed by atoms with Crippen LogP contribution in [0.3, 0.4) is 0 Å². The minimum absolute atomic E-state index is 0.282. The second kappa shape index (κ2) is 4.74. The fourth-order valence-electron chi connectivity index (χ4n) is 2.42. The highest BCUT2D eigenvalue weighted by molar-refractivity contribution is 5.51. The molecule has 1 aliphatic rings. The van der Waals surface area contributed by atoms with Gasteiger partial charge in [0.15, 0.2) is 11.5 Å². The summed E-state index contributed by atoms with van der Waals surface area (Å²) in [6.07, 6.45) is 3.20. The number of methoxy groups -OCH3 is 1. The Morgan fingerprint density at radius 1 is 1.50 bits per heavy atom. The maximum absolute atomic E-state index is 10.2. The summed E-state index contributed by atoms with van der Waals surface area (Å²) in [5.74, 6) is 0.877. The lowest BCUT2D eigenvalue weighted by Gasteiger charge is -2.18. The molecule has 0 amide bonds. The van der Waals surface area contributed by atoms with Crippen molar-refractivity contribution >= 4 is 0 Å². The van der Waals surface area contributed by atoms with Gasteiger partial charge in [-0.25, -0.2) is 0 Å². The highest BCUT2D eigenvalue weighted by Gasteiger charge is 2.23. The summed E-state index contributed by atoms with van der Waals surface area (Å²) in [5, 5.41) is 13.6. The maximum Gasteiger partial charge on any atom is 0.162 e. The van der Waals surface area contributed by atoms with Gasteiger partial charge in [0.05, 0.1) is 7.11 Å². The SMILES string of the molecule is CCc1ccc(OC)c(O)c1C1CCCN1. The van der Waals surface area contributed by atoms with E-state index in [1.807, 2.05) is 12.1 Å². The molecule has 0 bridgehead atoms. The van der Waals surface area contributed by atoms with Gasteiger partial charge in [-0.2, -0.15) is 0 Å². The van der Waals surface area contributed by atoms with Crippen LogP contribution in [0, 0.1) is 0 Å². The second-order valence-electron chi connectivity index (χ2n) is 4.19. The molecule has 2 N–H and O–H groups in total. The number of aromatic hydroxyl groups is 1. The molecule has 1 fully saturated rings. The molecule has 1 unspecified atom stereocenters. The van der Waals surface area contributed by atoms with Gasteiger partial charge in [-0.05, 0) is 37.4 Å². The molecule has 0 aromatic heterocycles. The third kappa shape index (κ3) is 1.87. The summed E-state index contributed by atoms with van der Waals surface area (Å²) in [6.45, 7) is 3.14. The Hall–Kier alpha value is -1.22. The second-order valence-corrected chi connectivity index (χ2v) is 4.19.